The Bertz CT molecular complexity index is 551. The fourth-order valence-corrected chi connectivity index (χ4v) is 1.96. The van der Waals surface area contributed by atoms with Crippen molar-refractivity contribution in [1.29, 1.82) is 0 Å². The Morgan fingerprint density at radius 1 is 1.39 bits per heavy atom. The molecule has 0 spiro atoms. The monoisotopic (exact) mass is 311 g/mol. The molecule has 1 aromatic carbocycles. The fourth-order valence-electron chi connectivity index (χ4n) is 1.71. The molecule has 0 atom stereocenters. The van der Waals surface area contributed by atoms with Gasteiger partial charge in [0.05, 0.1) is 22.4 Å². The van der Waals surface area contributed by atoms with Crippen molar-refractivity contribution in [3.05, 3.63) is 45.9 Å². The summed E-state index contributed by atoms with van der Waals surface area (Å²) in [6, 6.07) is 7.06. The molecular weight excluding hydrogens is 297 g/mol. The molecule has 5 heteroatoms. The first-order chi connectivity index (χ1) is 8.60. The zero-order valence-electron chi connectivity index (χ0n) is 10.4. The normalized spacial score (nSPS) is 10.7. The van der Waals surface area contributed by atoms with Gasteiger partial charge in [0.15, 0.2) is 0 Å². The summed E-state index contributed by atoms with van der Waals surface area (Å²) in [6.45, 7) is 2.70. The van der Waals surface area contributed by atoms with Crippen molar-refractivity contribution in [2.45, 2.75) is 19.9 Å². The molecule has 1 heterocycles. The van der Waals surface area contributed by atoms with Crippen LogP contribution in [0.4, 0.5) is 10.1 Å². The summed E-state index contributed by atoms with van der Waals surface area (Å²) in [5, 5.41) is 7.55. The summed E-state index contributed by atoms with van der Waals surface area (Å²) in [5.74, 6) is -0.265. The third kappa shape index (κ3) is 2.90. The number of nitrogens with one attached hydrogen (secondary N) is 1. The Kier molecular flexibility index (Phi) is 4.01. The Labute approximate surface area is 114 Å². The number of aromatic nitrogens is 2. The van der Waals surface area contributed by atoms with E-state index in [9.17, 15) is 4.39 Å². The van der Waals surface area contributed by atoms with Crippen LogP contribution in [0.1, 0.15) is 18.3 Å². The number of halogens is 2. The molecule has 0 bridgehead atoms. The molecule has 0 aliphatic heterocycles. The number of benzene rings is 1. The molecule has 0 unspecified atom stereocenters. The fraction of sp³-hybridized carbons (Fsp3) is 0.308. The summed E-state index contributed by atoms with van der Waals surface area (Å²) in [6.07, 6.45) is 0.917. The molecule has 0 fully saturated rings. The number of anilines is 1. The average Bonchev–Trinajstić information content (AvgIpc) is 2.72. The van der Waals surface area contributed by atoms with E-state index in [1.165, 1.54) is 6.07 Å². The minimum absolute atomic E-state index is 0.265. The van der Waals surface area contributed by atoms with E-state index in [-0.39, 0.29) is 5.82 Å². The van der Waals surface area contributed by atoms with Crippen LogP contribution in [0.3, 0.4) is 0 Å². The van der Waals surface area contributed by atoms with Crippen molar-refractivity contribution in [2.24, 2.45) is 7.05 Å². The smallest absolute Gasteiger partial charge is 0.139 e. The minimum Gasteiger partial charge on any atom is -0.379 e. The molecule has 0 radical (unpaired) electrons. The highest BCUT2D eigenvalue weighted by molar-refractivity contribution is 9.10. The van der Waals surface area contributed by atoms with Gasteiger partial charge in [0.1, 0.15) is 5.82 Å². The highest BCUT2D eigenvalue weighted by Crippen LogP contribution is 2.19. The molecule has 0 amide bonds. The van der Waals surface area contributed by atoms with Gasteiger partial charge in [-0.3, -0.25) is 4.68 Å². The third-order valence-corrected chi connectivity index (χ3v) is 3.43. The van der Waals surface area contributed by atoms with Crippen molar-refractivity contribution >= 4 is 21.6 Å². The quantitative estimate of drug-likeness (QED) is 0.936. The van der Waals surface area contributed by atoms with Crippen LogP contribution in [0.15, 0.2) is 28.7 Å². The van der Waals surface area contributed by atoms with Crippen LogP contribution in [-0.4, -0.2) is 9.78 Å². The van der Waals surface area contributed by atoms with Crippen LogP contribution in [0.25, 0.3) is 0 Å². The molecule has 0 aliphatic rings. The zero-order chi connectivity index (χ0) is 13.1. The van der Waals surface area contributed by atoms with Crippen molar-refractivity contribution < 1.29 is 4.39 Å². The van der Waals surface area contributed by atoms with Crippen LogP contribution in [0.2, 0.25) is 0 Å². The zero-order valence-corrected chi connectivity index (χ0v) is 12.0. The molecule has 2 rings (SSSR count). The molecule has 18 heavy (non-hydrogen) atoms. The lowest BCUT2D eigenvalue weighted by Gasteiger charge is -2.07. The van der Waals surface area contributed by atoms with E-state index in [4.69, 9.17) is 0 Å². The van der Waals surface area contributed by atoms with Gasteiger partial charge >= 0.3 is 0 Å². The summed E-state index contributed by atoms with van der Waals surface area (Å²) >= 11 is 3.13. The molecule has 96 valence electrons. The van der Waals surface area contributed by atoms with Crippen molar-refractivity contribution in [1.82, 2.24) is 9.78 Å². The van der Waals surface area contributed by atoms with Gasteiger partial charge < -0.3 is 5.32 Å². The maximum atomic E-state index is 13.3. The lowest BCUT2D eigenvalue weighted by molar-refractivity contribution is 0.621. The van der Waals surface area contributed by atoms with E-state index in [0.29, 0.717) is 11.0 Å². The second-order valence-electron chi connectivity index (χ2n) is 4.09. The number of hydrogen-bond acceptors (Lipinski definition) is 2. The van der Waals surface area contributed by atoms with Gasteiger partial charge in [-0.25, -0.2) is 4.39 Å². The lowest BCUT2D eigenvalue weighted by atomic mass is 10.3. The maximum Gasteiger partial charge on any atom is 0.139 e. The Morgan fingerprint density at radius 2 is 2.17 bits per heavy atom. The molecule has 0 aliphatic carbocycles. The average molecular weight is 312 g/mol. The van der Waals surface area contributed by atoms with E-state index in [2.05, 4.69) is 39.3 Å². The first-order valence-corrected chi connectivity index (χ1v) is 6.60. The lowest BCUT2D eigenvalue weighted by Crippen LogP contribution is -2.05. The Morgan fingerprint density at radius 3 is 2.78 bits per heavy atom. The largest absolute Gasteiger partial charge is 0.379 e. The second kappa shape index (κ2) is 5.52. The van der Waals surface area contributed by atoms with Gasteiger partial charge in [0, 0.05) is 12.7 Å². The molecule has 1 N–H and O–H groups in total. The highest BCUT2D eigenvalue weighted by atomic mass is 79.9. The first-order valence-electron chi connectivity index (χ1n) is 5.81. The molecule has 2 aromatic rings. The number of hydrogen-bond donors (Lipinski definition) is 1. The molecule has 0 saturated carbocycles. The Hall–Kier alpha value is -1.36. The number of rotatable bonds is 4. The summed E-state index contributed by atoms with van der Waals surface area (Å²) in [7, 11) is 1.92. The van der Waals surface area contributed by atoms with Gasteiger partial charge in [-0.05, 0) is 46.6 Å². The van der Waals surface area contributed by atoms with Crippen molar-refractivity contribution in [3.8, 4) is 0 Å². The molecular formula is C13H15BrFN3. The van der Waals surface area contributed by atoms with Gasteiger partial charge in [0.2, 0.25) is 0 Å². The van der Waals surface area contributed by atoms with Gasteiger partial charge in [-0.1, -0.05) is 6.92 Å². The predicted octanol–water partition coefficient (Wildman–Crippen LogP) is 3.50. The molecule has 3 nitrogen and oxygen atoms in total. The van der Waals surface area contributed by atoms with Crippen molar-refractivity contribution in [3.63, 3.8) is 0 Å². The maximum absolute atomic E-state index is 13.3. The van der Waals surface area contributed by atoms with E-state index < -0.39 is 0 Å². The minimum atomic E-state index is -0.265. The van der Waals surface area contributed by atoms with E-state index in [1.54, 1.807) is 6.07 Å². The molecule has 1 aromatic heterocycles. The predicted molar refractivity (Wildman–Crippen MR) is 74.0 cm³/mol. The highest BCUT2D eigenvalue weighted by Gasteiger charge is 2.04. The van der Waals surface area contributed by atoms with E-state index in [1.807, 2.05) is 17.8 Å². The van der Waals surface area contributed by atoms with Crippen LogP contribution in [0, 0.1) is 5.82 Å². The van der Waals surface area contributed by atoms with Crippen LogP contribution >= 0.6 is 15.9 Å². The van der Waals surface area contributed by atoms with Gasteiger partial charge in [0.25, 0.3) is 0 Å². The molecule has 0 saturated heterocycles. The van der Waals surface area contributed by atoms with Crippen molar-refractivity contribution in [2.75, 3.05) is 5.32 Å². The van der Waals surface area contributed by atoms with Gasteiger partial charge in [-0.15, -0.1) is 0 Å². The SMILES string of the molecule is CCc1cc(CNc2ccc(Br)c(F)c2)n(C)n1. The van der Waals surface area contributed by atoms with E-state index in [0.717, 1.165) is 23.5 Å². The second-order valence-corrected chi connectivity index (χ2v) is 4.94. The van der Waals surface area contributed by atoms with E-state index >= 15 is 0 Å². The standard InChI is InChI=1S/C13H15BrFN3/c1-3-9-6-11(18(2)17-9)8-16-10-4-5-12(14)13(15)7-10/h4-7,16H,3,8H2,1-2H3. The topological polar surface area (TPSA) is 29.9 Å². The van der Waals surface area contributed by atoms with Crippen LogP contribution in [-0.2, 0) is 20.0 Å². The van der Waals surface area contributed by atoms with Crippen LogP contribution in [0.5, 0.6) is 0 Å². The van der Waals surface area contributed by atoms with Gasteiger partial charge in [-0.2, -0.15) is 5.10 Å². The summed E-state index contributed by atoms with van der Waals surface area (Å²) < 4.78 is 15.7. The third-order valence-electron chi connectivity index (χ3n) is 2.78. The number of nitrogens with zero attached hydrogens (tertiary/aromatic N) is 2. The van der Waals surface area contributed by atoms with Crippen LogP contribution < -0.4 is 5.32 Å². The Balaban J connectivity index is 2.06. The summed E-state index contributed by atoms with van der Waals surface area (Å²) in [5.41, 5.74) is 2.90. The number of aryl methyl sites for hydroxylation is 2. The summed E-state index contributed by atoms with van der Waals surface area (Å²) in [4.78, 5) is 0. The first kappa shape index (κ1) is 13.1.